The van der Waals surface area contributed by atoms with E-state index in [0.717, 1.165) is 31.2 Å². The van der Waals surface area contributed by atoms with E-state index in [-0.39, 0.29) is 17.4 Å². The van der Waals surface area contributed by atoms with E-state index >= 15 is 0 Å². The Bertz CT molecular complexity index is 716. The van der Waals surface area contributed by atoms with Crippen LogP contribution in [0.15, 0.2) is 18.2 Å². The molecule has 0 radical (unpaired) electrons. The van der Waals surface area contributed by atoms with Crippen LogP contribution < -0.4 is 9.47 Å². The molecular weight excluding hydrogens is 408 g/mol. The van der Waals surface area contributed by atoms with E-state index in [1.807, 2.05) is 0 Å². The summed E-state index contributed by atoms with van der Waals surface area (Å²) >= 11 is 11.8. The molecule has 0 aliphatic heterocycles. The third kappa shape index (κ3) is 5.80. The van der Waals surface area contributed by atoms with Crippen LogP contribution in [0.5, 0.6) is 11.5 Å². The number of hydrogen-bond acceptors (Lipinski definition) is 5. The Morgan fingerprint density at radius 2 is 1.80 bits per heavy atom. The van der Waals surface area contributed by atoms with Gasteiger partial charge in [0.2, 0.25) is 0 Å². The third-order valence-corrected chi connectivity index (χ3v) is 4.72. The van der Waals surface area contributed by atoms with E-state index < -0.39 is 39.6 Å². The smallest absolute Gasteiger partial charge is 0.490 e. The highest BCUT2D eigenvalue weighted by molar-refractivity contribution is 7.86. The lowest BCUT2D eigenvalue weighted by molar-refractivity contribution is -0.274. The quantitative estimate of drug-likeness (QED) is 0.471. The van der Waals surface area contributed by atoms with Crippen LogP contribution in [0.1, 0.15) is 18.4 Å². The fraction of sp³-hybridized carbons (Fsp3) is 0.571. The van der Waals surface area contributed by atoms with Crippen molar-refractivity contribution < 1.29 is 35.2 Å². The Morgan fingerprint density at radius 3 is 2.24 bits per heavy atom. The van der Waals surface area contributed by atoms with Crippen molar-refractivity contribution in [3.8, 4) is 11.5 Å². The zero-order valence-corrected chi connectivity index (χ0v) is 15.3. The zero-order valence-electron chi connectivity index (χ0n) is 13.0. The molecule has 1 aromatic carbocycles. The number of rotatable bonds is 8. The average Bonchev–Trinajstić information content (AvgIpc) is 3.28. The Labute approximate surface area is 153 Å². The summed E-state index contributed by atoms with van der Waals surface area (Å²) in [6.45, 7) is 0. The summed E-state index contributed by atoms with van der Waals surface area (Å²) in [4.78, 5) is 0. The average molecular weight is 423 g/mol. The molecule has 25 heavy (non-hydrogen) atoms. The van der Waals surface area contributed by atoms with E-state index in [9.17, 15) is 21.6 Å². The van der Waals surface area contributed by atoms with Crippen molar-refractivity contribution in [3.63, 3.8) is 0 Å². The zero-order chi connectivity index (χ0) is 18.9. The maximum absolute atomic E-state index is 12.5. The van der Waals surface area contributed by atoms with Gasteiger partial charge in [-0.25, -0.2) is 0 Å². The van der Waals surface area contributed by atoms with Gasteiger partial charge in [-0.2, -0.15) is 8.42 Å². The SMILES string of the molecule is CS(=O)(=O)OC(CCl)(CCl)c1cc(OC(F)(F)F)ccc1OC1CC1. The van der Waals surface area contributed by atoms with Crippen LogP contribution in [0.25, 0.3) is 0 Å². The monoisotopic (exact) mass is 422 g/mol. The van der Waals surface area contributed by atoms with Gasteiger partial charge in [0.1, 0.15) is 17.1 Å². The molecule has 1 aromatic rings. The van der Waals surface area contributed by atoms with E-state index in [4.69, 9.17) is 32.1 Å². The molecule has 0 bridgehead atoms. The summed E-state index contributed by atoms with van der Waals surface area (Å²) in [7, 11) is -4.02. The normalized spacial score (nSPS) is 15.9. The van der Waals surface area contributed by atoms with E-state index in [1.165, 1.54) is 6.07 Å². The van der Waals surface area contributed by atoms with Gasteiger partial charge >= 0.3 is 6.36 Å². The standard InChI is InChI=1S/C14H15Cl2F3O5S/c1-25(20,21)24-13(7-15,8-16)11-6-10(23-14(17,18)19)4-5-12(11)22-9-2-3-9/h4-6,9H,2-3,7-8H2,1H3. The van der Waals surface area contributed by atoms with Crippen LogP contribution in [0.3, 0.4) is 0 Å². The lowest BCUT2D eigenvalue weighted by atomic mass is 9.96. The molecule has 0 unspecified atom stereocenters. The second-order valence-electron chi connectivity index (χ2n) is 5.57. The van der Waals surface area contributed by atoms with Gasteiger partial charge < -0.3 is 9.47 Å². The number of ether oxygens (including phenoxy) is 2. The Hall–Kier alpha value is -0.900. The number of halogens is 5. The Balaban J connectivity index is 2.52. The van der Waals surface area contributed by atoms with Crippen molar-refractivity contribution in [2.45, 2.75) is 30.9 Å². The van der Waals surface area contributed by atoms with Crippen molar-refractivity contribution in [3.05, 3.63) is 23.8 Å². The molecule has 0 saturated heterocycles. The lowest BCUT2D eigenvalue weighted by Gasteiger charge is -2.30. The highest BCUT2D eigenvalue weighted by atomic mass is 35.5. The maximum Gasteiger partial charge on any atom is 0.573 e. The summed E-state index contributed by atoms with van der Waals surface area (Å²) in [6, 6.07) is 3.28. The predicted octanol–water partition coefficient (Wildman–Crippen LogP) is 3.78. The Kier molecular flexibility index (Phi) is 6.03. The van der Waals surface area contributed by atoms with Gasteiger partial charge in [-0.1, -0.05) is 0 Å². The first-order valence-electron chi connectivity index (χ1n) is 7.07. The van der Waals surface area contributed by atoms with E-state index in [0.29, 0.717) is 0 Å². The van der Waals surface area contributed by atoms with Crippen LogP contribution in [-0.2, 0) is 19.9 Å². The first-order valence-corrected chi connectivity index (χ1v) is 9.96. The molecule has 1 fully saturated rings. The van der Waals surface area contributed by atoms with E-state index in [1.54, 1.807) is 0 Å². The summed E-state index contributed by atoms with van der Waals surface area (Å²) in [5.41, 5.74) is -1.83. The minimum atomic E-state index is -4.92. The van der Waals surface area contributed by atoms with Crippen LogP contribution in [0.4, 0.5) is 13.2 Å². The minimum absolute atomic E-state index is 0.0309. The van der Waals surface area contributed by atoms with Gasteiger partial charge in [0, 0.05) is 5.56 Å². The summed E-state index contributed by atoms with van der Waals surface area (Å²) in [5, 5.41) is 0. The molecule has 0 atom stereocenters. The van der Waals surface area contributed by atoms with Crippen LogP contribution in [0.2, 0.25) is 0 Å². The molecule has 1 aliphatic rings. The third-order valence-electron chi connectivity index (χ3n) is 3.24. The molecule has 1 aliphatic carbocycles. The lowest BCUT2D eigenvalue weighted by Crippen LogP contribution is -2.37. The molecular formula is C14H15Cl2F3O5S. The van der Waals surface area contributed by atoms with Gasteiger partial charge in [0.05, 0.1) is 24.1 Å². The molecule has 1 saturated carbocycles. The maximum atomic E-state index is 12.5. The van der Waals surface area contributed by atoms with Crippen molar-refractivity contribution >= 4 is 33.3 Å². The van der Waals surface area contributed by atoms with Crippen LogP contribution >= 0.6 is 23.2 Å². The Morgan fingerprint density at radius 1 is 1.20 bits per heavy atom. The second-order valence-corrected chi connectivity index (χ2v) is 7.68. The number of alkyl halides is 5. The topological polar surface area (TPSA) is 61.8 Å². The second kappa shape index (κ2) is 7.38. The van der Waals surface area contributed by atoms with Crippen LogP contribution in [-0.4, -0.2) is 38.9 Å². The molecule has 11 heteroatoms. The van der Waals surface area contributed by atoms with Gasteiger partial charge in [-0.3, -0.25) is 4.18 Å². The minimum Gasteiger partial charge on any atom is -0.490 e. The molecule has 142 valence electrons. The molecule has 2 rings (SSSR count). The van der Waals surface area contributed by atoms with Crippen molar-refractivity contribution in [2.75, 3.05) is 18.0 Å². The van der Waals surface area contributed by atoms with Crippen molar-refractivity contribution in [1.29, 1.82) is 0 Å². The summed E-state index contributed by atoms with van der Waals surface area (Å²) in [5.74, 6) is -1.29. The van der Waals surface area contributed by atoms with Gasteiger partial charge in [-0.15, -0.1) is 36.4 Å². The molecule has 0 heterocycles. The van der Waals surface area contributed by atoms with E-state index in [2.05, 4.69) is 4.74 Å². The largest absolute Gasteiger partial charge is 0.573 e. The highest BCUT2D eigenvalue weighted by Gasteiger charge is 2.41. The number of hydrogen-bond donors (Lipinski definition) is 0. The summed E-state index contributed by atoms with van der Waals surface area (Å²) in [6.07, 6.45) is -2.67. The molecule has 0 N–H and O–H groups in total. The van der Waals surface area contributed by atoms with Crippen molar-refractivity contribution in [2.24, 2.45) is 0 Å². The van der Waals surface area contributed by atoms with Gasteiger partial charge in [0.25, 0.3) is 10.1 Å². The van der Waals surface area contributed by atoms with Crippen molar-refractivity contribution in [1.82, 2.24) is 0 Å². The first-order chi connectivity index (χ1) is 11.5. The number of benzene rings is 1. The highest BCUT2D eigenvalue weighted by Crippen LogP contribution is 2.41. The first kappa shape index (κ1) is 20.4. The fourth-order valence-corrected chi connectivity index (χ4v) is 3.69. The van der Waals surface area contributed by atoms with Gasteiger partial charge in [-0.05, 0) is 31.0 Å². The fourth-order valence-electron chi connectivity index (χ4n) is 2.09. The van der Waals surface area contributed by atoms with Gasteiger partial charge in [0.15, 0.2) is 0 Å². The molecule has 0 spiro atoms. The molecule has 0 amide bonds. The molecule has 0 aromatic heterocycles. The predicted molar refractivity (Wildman–Crippen MR) is 85.8 cm³/mol. The summed E-state index contributed by atoms with van der Waals surface area (Å²) < 4.78 is 75.2. The van der Waals surface area contributed by atoms with Crippen LogP contribution in [0, 0.1) is 0 Å². The molecule has 5 nitrogen and oxygen atoms in total.